The second kappa shape index (κ2) is 9.29. The maximum absolute atomic E-state index is 13.2. The second-order valence-corrected chi connectivity index (χ2v) is 10.2. The summed E-state index contributed by atoms with van der Waals surface area (Å²) in [5.74, 6) is -1.26. The van der Waals surface area contributed by atoms with Crippen molar-refractivity contribution in [1.29, 1.82) is 0 Å². The number of nitrogens with one attached hydrogen (secondary N) is 1. The van der Waals surface area contributed by atoms with Crippen LogP contribution in [0.15, 0.2) is 77.7 Å². The van der Waals surface area contributed by atoms with Crippen LogP contribution in [0.1, 0.15) is 15.9 Å². The molecule has 0 aromatic heterocycles. The van der Waals surface area contributed by atoms with Gasteiger partial charge in [-0.05, 0) is 77.0 Å². The third kappa shape index (κ3) is 4.78. The van der Waals surface area contributed by atoms with Crippen molar-refractivity contribution in [3.8, 4) is 0 Å². The molecule has 0 radical (unpaired) electrons. The number of nitrogens with zero attached hydrogens (tertiary/aromatic N) is 1. The van der Waals surface area contributed by atoms with Gasteiger partial charge < -0.3 is 10.1 Å². The highest BCUT2D eigenvalue weighted by atomic mass is 127. The van der Waals surface area contributed by atoms with Crippen molar-refractivity contribution in [3.05, 3.63) is 87.5 Å². The standard InChI is InChI=1S/C23H19IN2O5S/c24-18-7-4-8-19(14-18)25-22(27)15-31-23(28)17-6-3-9-20(13-17)32(29,30)26-12-11-16-5-1-2-10-21(16)26/h1-10,13-14H,11-12,15H2,(H,25,27). The molecule has 1 amide bonds. The fraction of sp³-hybridized carbons (Fsp3) is 0.130. The molecule has 0 atom stereocenters. The first-order valence-corrected chi connectivity index (χ1v) is 12.3. The summed E-state index contributed by atoms with van der Waals surface area (Å²) < 4.78 is 33.7. The molecule has 1 heterocycles. The van der Waals surface area contributed by atoms with Gasteiger partial charge >= 0.3 is 5.97 Å². The average Bonchev–Trinajstić information content (AvgIpc) is 3.23. The van der Waals surface area contributed by atoms with Crippen LogP contribution in [0.4, 0.5) is 11.4 Å². The predicted octanol–water partition coefficient (Wildman–Crippen LogP) is 3.84. The quantitative estimate of drug-likeness (QED) is 0.364. The number of ether oxygens (including phenoxy) is 1. The largest absolute Gasteiger partial charge is 0.452 e. The number of benzene rings is 3. The Labute approximate surface area is 199 Å². The van der Waals surface area contributed by atoms with Gasteiger partial charge in [0, 0.05) is 15.8 Å². The Bertz CT molecular complexity index is 1290. The molecule has 0 unspecified atom stereocenters. The van der Waals surface area contributed by atoms with Gasteiger partial charge in [0.2, 0.25) is 0 Å². The van der Waals surface area contributed by atoms with Gasteiger partial charge in [-0.15, -0.1) is 0 Å². The normalized spacial score (nSPS) is 12.8. The van der Waals surface area contributed by atoms with E-state index in [1.54, 1.807) is 30.3 Å². The van der Waals surface area contributed by atoms with E-state index in [9.17, 15) is 18.0 Å². The minimum absolute atomic E-state index is 0.00744. The van der Waals surface area contributed by atoms with E-state index in [-0.39, 0.29) is 10.5 Å². The molecule has 32 heavy (non-hydrogen) atoms. The number of rotatable bonds is 6. The lowest BCUT2D eigenvalue weighted by molar-refractivity contribution is -0.119. The summed E-state index contributed by atoms with van der Waals surface area (Å²) in [4.78, 5) is 24.5. The minimum atomic E-state index is -3.84. The van der Waals surface area contributed by atoms with E-state index in [1.165, 1.54) is 28.6 Å². The highest BCUT2D eigenvalue weighted by Crippen LogP contribution is 2.32. The topological polar surface area (TPSA) is 92.8 Å². The molecular weight excluding hydrogens is 543 g/mol. The molecule has 7 nitrogen and oxygen atoms in total. The molecule has 3 aromatic rings. The van der Waals surface area contributed by atoms with Crippen molar-refractivity contribution >= 4 is 55.9 Å². The van der Waals surface area contributed by atoms with Gasteiger partial charge in [-0.25, -0.2) is 13.2 Å². The molecule has 3 aromatic carbocycles. The van der Waals surface area contributed by atoms with Gasteiger partial charge in [0.05, 0.1) is 16.1 Å². The third-order valence-corrected chi connectivity index (χ3v) is 7.43. The van der Waals surface area contributed by atoms with Crippen molar-refractivity contribution in [2.75, 3.05) is 22.8 Å². The van der Waals surface area contributed by atoms with Crippen LogP contribution in [0, 0.1) is 3.57 Å². The second-order valence-electron chi connectivity index (χ2n) is 7.12. The van der Waals surface area contributed by atoms with Gasteiger partial charge in [0.25, 0.3) is 15.9 Å². The molecule has 1 N–H and O–H groups in total. The van der Waals surface area contributed by atoms with Gasteiger partial charge in [0.1, 0.15) is 0 Å². The highest BCUT2D eigenvalue weighted by molar-refractivity contribution is 14.1. The van der Waals surface area contributed by atoms with Gasteiger partial charge in [-0.1, -0.05) is 30.3 Å². The zero-order chi connectivity index (χ0) is 22.7. The van der Waals surface area contributed by atoms with Crippen LogP contribution < -0.4 is 9.62 Å². The number of esters is 1. The number of hydrogen-bond donors (Lipinski definition) is 1. The van der Waals surface area contributed by atoms with Crippen molar-refractivity contribution in [2.45, 2.75) is 11.3 Å². The Morgan fingerprint density at radius 3 is 2.59 bits per heavy atom. The van der Waals surface area contributed by atoms with Crippen LogP contribution in [-0.4, -0.2) is 33.4 Å². The molecular formula is C23H19IN2O5S. The zero-order valence-corrected chi connectivity index (χ0v) is 19.8. The maximum Gasteiger partial charge on any atom is 0.338 e. The molecule has 0 aliphatic carbocycles. The number of hydrogen-bond acceptors (Lipinski definition) is 5. The molecule has 1 aliphatic rings. The van der Waals surface area contributed by atoms with Crippen molar-refractivity contribution in [3.63, 3.8) is 0 Å². The van der Waals surface area contributed by atoms with Gasteiger partial charge in [0.15, 0.2) is 6.61 Å². The number of fused-ring (bicyclic) bond motifs is 1. The molecule has 0 saturated heterocycles. The Morgan fingerprint density at radius 2 is 1.78 bits per heavy atom. The number of sulfonamides is 1. The molecule has 1 aliphatic heterocycles. The smallest absolute Gasteiger partial charge is 0.338 e. The summed E-state index contributed by atoms with van der Waals surface area (Å²) in [7, 11) is -3.84. The Kier molecular flexibility index (Phi) is 6.47. The first kappa shape index (κ1) is 22.3. The zero-order valence-electron chi connectivity index (χ0n) is 16.8. The van der Waals surface area contributed by atoms with Crippen LogP contribution in [-0.2, 0) is 26.0 Å². The predicted molar refractivity (Wildman–Crippen MR) is 129 cm³/mol. The first-order valence-electron chi connectivity index (χ1n) is 9.78. The average molecular weight is 562 g/mol. The summed E-state index contributed by atoms with van der Waals surface area (Å²) in [5.41, 5.74) is 2.26. The summed E-state index contributed by atoms with van der Waals surface area (Å²) in [6, 6.07) is 20.2. The van der Waals surface area contributed by atoms with Crippen LogP contribution in [0.5, 0.6) is 0 Å². The lowest BCUT2D eigenvalue weighted by Gasteiger charge is -2.19. The van der Waals surface area contributed by atoms with E-state index >= 15 is 0 Å². The van der Waals surface area contributed by atoms with E-state index in [4.69, 9.17) is 4.74 Å². The number of carbonyl (C=O) groups excluding carboxylic acids is 2. The van der Waals surface area contributed by atoms with Crippen molar-refractivity contribution < 1.29 is 22.7 Å². The van der Waals surface area contributed by atoms with Crippen LogP contribution in [0.25, 0.3) is 0 Å². The van der Waals surface area contributed by atoms with E-state index in [1.807, 2.05) is 18.2 Å². The van der Waals surface area contributed by atoms with E-state index in [2.05, 4.69) is 27.9 Å². The monoisotopic (exact) mass is 562 g/mol. The number of amides is 1. The number of anilines is 2. The molecule has 9 heteroatoms. The lowest BCUT2D eigenvalue weighted by atomic mass is 10.2. The summed E-state index contributed by atoms with van der Waals surface area (Å²) in [6.07, 6.45) is 0.632. The maximum atomic E-state index is 13.2. The first-order chi connectivity index (χ1) is 15.3. The summed E-state index contributed by atoms with van der Waals surface area (Å²) in [6.45, 7) is -0.143. The third-order valence-electron chi connectivity index (χ3n) is 4.95. The van der Waals surface area contributed by atoms with Crippen molar-refractivity contribution in [2.24, 2.45) is 0 Å². The van der Waals surface area contributed by atoms with Crippen LogP contribution in [0.2, 0.25) is 0 Å². The van der Waals surface area contributed by atoms with Gasteiger partial charge in [-0.2, -0.15) is 0 Å². The number of para-hydroxylation sites is 1. The molecule has 0 fully saturated rings. The summed E-state index contributed by atoms with van der Waals surface area (Å²) >= 11 is 2.13. The Morgan fingerprint density at radius 1 is 1.00 bits per heavy atom. The minimum Gasteiger partial charge on any atom is -0.452 e. The molecule has 0 spiro atoms. The molecule has 164 valence electrons. The SMILES string of the molecule is O=C(COC(=O)c1cccc(S(=O)(=O)N2CCc3ccccc32)c1)Nc1cccc(I)c1. The Balaban J connectivity index is 1.44. The molecule has 0 saturated carbocycles. The van der Waals surface area contributed by atoms with Crippen LogP contribution in [0.3, 0.4) is 0 Å². The fourth-order valence-corrected chi connectivity index (χ4v) is 5.54. The molecule has 0 bridgehead atoms. The van der Waals surface area contributed by atoms with Crippen molar-refractivity contribution in [1.82, 2.24) is 0 Å². The number of carbonyl (C=O) groups is 2. The fourth-order valence-electron chi connectivity index (χ4n) is 3.45. The lowest BCUT2D eigenvalue weighted by Crippen LogP contribution is -2.29. The van der Waals surface area contributed by atoms with E-state index in [0.29, 0.717) is 24.3 Å². The van der Waals surface area contributed by atoms with Gasteiger partial charge in [-0.3, -0.25) is 9.10 Å². The number of halogens is 1. The van der Waals surface area contributed by atoms with E-state index in [0.717, 1.165) is 9.13 Å². The van der Waals surface area contributed by atoms with Crippen LogP contribution >= 0.6 is 22.6 Å². The Hall–Kier alpha value is -2.92. The summed E-state index contributed by atoms with van der Waals surface area (Å²) in [5, 5.41) is 2.65. The molecule has 4 rings (SSSR count). The van der Waals surface area contributed by atoms with E-state index < -0.39 is 28.5 Å². The highest BCUT2D eigenvalue weighted by Gasteiger charge is 2.31.